The van der Waals surface area contributed by atoms with E-state index in [1.807, 2.05) is 34.7 Å². The lowest BCUT2D eigenvalue weighted by Crippen LogP contribution is -2.41. The highest BCUT2D eigenvalue weighted by molar-refractivity contribution is 6.02. The van der Waals surface area contributed by atoms with Gasteiger partial charge in [-0.3, -0.25) is 9.48 Å². The van der Waals surface area contributed by atoms with E-state index in [1.165, 1.54) is 30.5 Å². The van der Waals surface area contributed by atoms with Gasteiger partial charge in [-0.15, -0.1) is 0 Å². The molecule has 230 valence electrons. The number of ether oxygens (including phenoxy) is 2. The number of aryl methyl sites for hydroxylation is 1. The normalized spacial score (nSPS) is 22.0. The Morgan fingerprint density at radius 3 is 2.64 bits per heavy atom. The van der Waals surface area contributed by atoms with Gasteiger partial charge in [0.25, 0.3) is 5.91 Å². The third-order valence-corrected chi connectivity index (χ3v) is 9.90. The Hall–Kier alpha value is -4.11. The molecule has 3 aliphatic heterocycles. The minimum Gasteiger partial charge on any atom is -0.497 e. The third kappa shape index (κ3) is 4.87. The van der Waals surface area contributed by atoms with Crippen LogP contribution in [0.3, 0.4) is 0 Å². The average molecular weight is 597 g/mol. The molecule has 4 heterocycles. The van der Waals surface area contributed by atoms with Gasteiger partial charge in [-0.1, -0.05) is 25.3 Å². The molecule has 2 aliphatic carbocycles. The van der Waals surface area contributed by atoms with E-state index in [0.717, 1.165) is 46.7 Å². The summed E-state index contributed by atoms with van der Waals surface area (Å²) < 4.78 is 13.1. The lowest BCUT2D eigenvalue weighted by atomic mass is 9.75. The van der Waals surface area contributed by atoms with Crippen molar-refractivity contribution in [2.45, 2.75) is 52.0 Å². The number of aliphatic carboxylic acids is 1. The number of hydrogen-bond donors (Lipinski definition) is 1. The highest BCUT2D eigenvalue weighted by Crippen LogP contribution is 2.54. The lowest BCUT2D eigenvalue weighted by molar-refractivity contribution is -0.132. The molecule has 2 fully saturated rings. The van der Waals surface area contributed by atoms with Gasteiger partial charge in [-0.05, 0) is 79.2 Å². The summed E-state index contributed by atoms with van der Waals surface area (Å²) >= 11 is 0. The number of nitrogens with zero attached hydrogens (tertiary/aromatic N) is 4. The Bertz CT molecular complexity index is 1620. The minimum absolute atomic E-state index is 0.0371. The number of methoxy groups -OCH3 is 1. The van der Waals surface area contributed by atoms with E-state index in [0.29, 0.717) is 62.9 Å². The van der Waals surface area contributed by atoms with Gasteiger partial charge in [-0.2, -0.15) is 5.10 Å². The van der Waals surface area contributed by atoms with Crippen LogP contribution in [0.25, 0.3) is 17.3 Å². The summed E-state index contributed by atoms with van der Waals surface area (Å²) in [5.74, 6) is 0.418. The molecule has 1 aromatic heterocycles. The van der Waals surface area contributed by atoms with Crippen molar-refractivity contribution in [1.29, 1.82) is 0 Å². The van der Waals surface area contributed by atoms with E-state index >= 15 is 0 Å². The quantitative estimate of drug-likeness (QED) is 0.473. The van der Waals surface area contributed by atoms with Gasteiger partial charge in [0, 0.05) is 42.5 Å². The fourth-order valence-corrected chi connectivity index (χ4v) is 7.81. The standard InChI is InChI=1S/C35H40N4O5/c1-3-39-32(29(20-36-39)34(40)37-13-15-44-16-14-37)25-17-24-18-26(43-2)10-12-27(24)33-31(22-7-5-4-6-8-22)28-11-9-23(35(41)42)19-30(28)38(33)21-25/h9-10,12,17-20,22,28H,3-8,11,13-16,21H2,1-2H3,(H,41,42). The van der Waals surface area contributed by atoms with Gasteiger partial charge in [0.1, 0.15) is 5.75 Å². The van der Waals surface area contributed by atoms with Crippen molar-refractivity contribution in [2.24, 2.45) is 11.8 Å². The number of carboxylic acid groups (broad SMARTS) is 1. The van der Waals surface area contributed by atoms with Crippen LogP contribution in [-0.4, -0.2) is 76.5 Å². The summed E-state index contributed by atoms with van der Waals surface area (Å²) in [4.78, 5) is 30.3. The van der Waals surface area contributed by atoms with E-state index < -0.39 is 5.97 Å². The summed E-state index contributed by atoms with van der Waals surface area (Å²) in [5.41, 5.74) is 8.54. The number of fused-ring (bicyclic) bond motifs is 5. The van der Waals surface area contributed by atoms with Gasteiger partial charge in [0.05, 0.1) is 49.9 Å². The van der Waals surface area contributed by atoms with Crippen molar-refractivity contribution in [2.75, 3.05) is 40.0 Å². The molecule has 1 atom stereocenters. The molecule has 5 aliphatic rings. The van der Waals surface area contributed by atoms with Crippen LogP contribution in [0, 0.1) is 11.8 Å². The predicted octanol–water partition coefficient (Wildman–Crippen LogP) is 5.46. The number of aromatic nitrogens is 2. The van der Waals surface area contributed by atoms with E-state index in [1.54, 1.807) is 13.3 Å². The first-order valence-electron chi connectivity index (χ1n) is 16.0. The summed E-state index contributed by atoms with van der Waals surface area (Å²) in [6, 6.07) is 6.25. The second-order valence-corrected chi connectivity index (χ2v) is 12.3. The SMILES string of the molecule is CCn1ncc(C(=O)N2CCOCC2)c1C1=Cc2cc(OC)ccc2C2=C(C3CCCCC3)C3CC=C(C(=O)O)C=C3N2C1. The molecule has 1 aromatic carbocycles. The number of carbonyl (C=O) groups excluding carboxylic acids is 1. The van der Waals surface area contributed by atoms with Crippen molar-refractivity contribution in [3.63, 3.8) is 0 Å². The molecule has 44 heavy (non-hydrogen) atoms. The fraction of sp³-hybridized carbons (Fsp3) is 0.457. The number of hydrogen-bond acceptors (Lipinski definition) is 6. The zero-order valence-electron chi connectivity index (χ0n) is 25.6. The van der Waals surface area contributed by atoms with E-state index in [-0.39, 0.29) is 11.8 Å². The fourth-order valence-electron chi connectivity index (χ4n) is 7.81. The largest absolute Gasteiger partial charge is 0.497 e. The number of amides is 1. The first-order chi connectivity index (χ1) is 21.5. The molecule has 9 nitrogen and oxygen atoms in total. The summed E-state index contributed by atoms with van der Waals surface area (Å²) in [5, 5.41) is 14.7. The lowest BCUT2D eigenvalue weighted by Gasteiger charge is -2.29. The molecule has 1 saturated carbocycles. The highest BCUT2D eigenvalue weighted by Gasteiger charge is 2.43. The van der Waals surface area contributed by atoms with Crippen LogP contribution in [0.4, 0.5) is 0 Å². The number of benzene rings is 1. The Kier molecular flexibility index (Phi) is 7.66. The number of allylic oxidation sites excluding steroid dienone is 2. The summed E-state index contributed by atoms with van der Waals surface area (Å²) in [6.45, 7) is 5.32. The minimum atomic E-state index is -0.901. The van der Waals surface area contributed by atoms with E-state index in [2.05, 4.69) is 28.2 Å². The molecule has 0 radical (unpaired) electrons. The second kappa shape index (κ2) is 11.8. The molecule has 1 amide bonds. The Morgan fingerprint density at radius 2 is 1.91 bits per heavy atom. The number of carbonyl (C=O) groups is 2. The zero-order chi connectivity index (χ0) is 30.4. The molecule has 1 saturated heterocycles. The number of carboxylic acids is 1. The van der Waals surface area contributed by atoms with Gasteiger partial charge >= 0.3 is 5.97 Å². The van der Waals surface area contributed by atoms with Crippen LogP contribution in [0.2, 0.25) is 0 Å². The smallest absolute Gasteiger partial charge is 0.335 e. The van der Waals surface area contributed by atoms with Crippen molar-refractivity contribution in [3.05, 3.63) is 75.8 Å². The molecule has 0 spiro atoms. The topological polar surface area (TPSA) is 97.1 Å². The van der Waals surface area contributed by atoms with Crippen molar-refractivity contribution >= 4 is 29.2 Å². The van der Waals surface area contributed by atoms with Crippen LogP contribution in [-0.2, 0) is 16.1 Å². The predicted molar refractivity (Wildman–Crippen MR) is 168 cm³/mol. The number of rotatable bonds is 6. The van der Waals surface area contributed by atoms with Gasteiger partial charge in [-0.25, -0.2) is 4.79 Å². The molecular weight excluding hydrogens is 556 g/mol. The first kappa shape index (κ1) is 28.6. The van der Waals surface area contributed by atoms with Gasteiger partial charge in [0.2, 0.25) is 0 Å². The van der Waals surface area contributed by atoms with Crippen LogP contribution < -0.4 is 4.74 Å². The Morgan fingerprint density at radius 1 is 1.11 bits per heavy atom. The molecular formula is C35H40N4O5. The highest BCUT2D eigenvalue weighted by atomic mass is 16.5. The Balaban J connectivity index is 1.42. The summed E-state index contributed by atoms with van der Waals surface area (Å²) in [7, 11) is 1.68. The summed E-state index contributed by atoms with van der Waals surface area (Å²) in [6.07, 6.45) is 14.3. The van der Waals surface area contributed by atoms with Crippen molar-refractivity contribution < 1.29 is 24.2 Å². The van der Waals surface area contributed by atoms with Crippen LogP contribution >= 0.6 is 0 Å². The van der Waals surface area contributed by atoms with Crippen LogP contribution in [0.1, 0.15) is 72.6 Å². The second-order valence-electron chi connectivity index (χ2n) is 12.3. The molecule has 1 unspecified atom stereocenters. The molecule has 1 N–H and O–H groups in total. The molecule has 0 bridgehead atoms. The zero-order valence-corrected chi connectivity index (χ0v) is 25.6. The maximum absolute atomic E-state index is 13.9. The molecule has 2 aromatic rings. The average Bonchev–Trinajstić information content (AvgIpc) is 3.58. The first-order valence-corrected chi connectivity index (χ1v) is 16.0. The maximum atomic E-state index is 13.9. The third-order valence-electron chi connectivity index (χ3n) is 9.90. The van der Waals surface area contributed by atoms with Gasteiger partial charge in [0.15, 0.2) is 0 Å². The van der Waals surface area contributed by atoms with E-state index in [4.69, 9.17) is 9.47 Å². The maximum Gasteiger partial charge on any atom is 0.335 e. The van der Waals surface area contributed by atoms with Gasteiger partial charge < -0.3 is 24.4 Å². The van der Waals surface area contributed by atoms with E-state index in [9.17, 15) is 14.7 Å². The number of morpholine rings is 1. The Labute approximate surface area is 258 Å². The molecule has 7 rings (SSSR count). The molecule has 9 heteroatoms. The van der Waals surface area contributed by atoms with Crippen LogP contribution in [0.15, 0.2) is 53.4 Å². The van der Waals surface area contributed by atoms with Crippen molar-refractivity contribution in [1.82, 2.24) is 19.6 Å². The van der Waals surface area contributed by atoms with Crippen LogP contribution in [0.5, 0.6) is 5.75 Å². The van der Waals surface area contributed by atoms with Crippen molar-refractivity contribution in [3.8, 4) is 5.75 Å². The monoisotopic (exact) mass is 596 g/mol.